The van der Waals surface area contributed by atoms with Crippen molar-refractivity contribution in [3.05, 3.63) is 53.6 Å². The van der Waals surface area contributed by atoms with E-state index < -0.39 is 0 Å². The van der Waals surface area contributed by atoms with Crippen LogP contribution in [-0.2, 0) is 13.5 Å². The third kappa shape index (κ3) is 2.54. The van der Waals surface area contributed by atoms with Crippen LogP contribution < -0.4 is 11.3 Å². The topological polar surface area (TPSA) is 55.9 Å². The highest BCUT2D eigenvalue weighted by Crippen LogP contribution is 2.20. The van der Waals surface area contributed by atoms with Crippen LogP contribution in [0.2, 0.25) is 0 Å². The number of hydrogen-bond donors (Lipinski definition) is 2. The minimum atomic E-state index is 0.0947. The summed E-state index contributed by atoms with van der Waals surface area (Å²) in [7, 11) is 1.99. The maximum absolute atomic E-state index is 5.65. The standard InChI is InChI=1S/C13H18N4/c1-10-5-3-4-6-11(10)12(16-14)9-13-15-7-8-17(13)2/h3-8,12,16H,9,14H2,1-2H3. The maximum atomic E-state index is 5.65. The Hall–Kier alpha value is -1.65. The number of aryl methyl sites for hydroxylation is 2. The van der Waals surface area contributed by atoms with Gasteiger partial charge in [-0.05, 0) is 18.1 Å². The van der Waals surface area contributed by atoms with E-state index in [1.807, 2.05) is 29.9 Å². The molecule has 1 aromatic carbocycles. The lowest BCUT2D eigenvalue weighted by Gasteiger charge is -2.18. The first-order chi connectivity index (χ1) is 8.22. The van der Waals surface area contributed by atoms with Crippen LogP contribution in [0.25, 0.3) is 0 Å². The first-order valence-corrected chi connectivity index (χ1v) is 5.70. The molecule has 0 bridgehead atoms. The van der Waals surface area contributed by atoms with Gasteiger partial charge in [0, 0.05) is 25.9 Å². The van der Waals surface area contributed by atoms with Crippen LogP contribution in [-0.4, -0.2) is 9.55 Å². The summed E-state index contributed by atoms with van der Waals surface area (Å²) in [5, 5.41) is 0. The molecule has 4 heteroatoms. The highest BCUT2D eigenvalue weighted by atomic mass is 15.2. The normalized spacial score (nSPS) is 12.6. The summed E-state index contributed by atoms with van der Waals surface area (Å²) in [5.41, 5.74) is 5.33. The molecular formula is C13H18N4. The van der Waals surface area contributed by atoms with Crippen LogP contribution >= 0.6 is 0 Å². The maximum Gasteiger partial charge on any atom is 0.110 e. The molecule has 0 aliphatic rings. The van der Waals surface area contributed by atoms with Crippen molar-refractivity contribution in [3.8, 4) is 0 Å². The Kier molecular flexibility index (Phi) is 3.56. The van der Waals surface area contributed by atoms with E-state index in [1.165, 1.54) is 11.1 Å². The molecule has 1 unspecified atom stereocenters. The van der Waals surface area contributed by atoms with Crippen LogP contribution in [0.1, 0.15) is 23.0 Å². The summed E-state index contributed by atoms with van der Waals surface area (Å²) in [6, 6.07) is 8.36. The average Bonchev–Trinajstić information content (AvgIpc) is 2.73. The lowest BCUT2D eigenvalue weighted by atomic mass is 9.99. The molecule has 0 aliphatic heterocycles. The fourth-order valence-corrected chi connectivity index (χ4v) is 2.01. The quantitative estimate of drug-likeness (QED) is 0.618. The number of imidazole rings is 1. The molecule has 2 aromatic rings. The molecule has 0 radical (unpaired) electrons. The van der Waals surface area contributed by atoms with Gasteiger partial charge in [0.15, 0.2) is 0 Å². The number of benzene rings is 1. The predicted octanol–water partition coefficient (Wildman–Crippen LogP) is 1.48. The van der Waals surface area contributed by atoms with Crippen molar-refractivity contribution in [2.75, 3.05) is 0 Å². The van der Waals surface area contributed by atoms with Gasteiger partial charge in [0.05, 0.1) is 6.04 Å². The molecule has 0 saturated carbocycles. The van der Waals surface area contributed by atoms with E-state index in [4.69, 9.17) is 5.84 Å². The van der Waals surface area contributed by atoms with Crippen molar-refractivity contribution in [1.82, 2.24) is 15.0 Å². The molecule has 17 heavy (non-hydrogen) atoms. The lowest BCUT2D eigenvalue weighted by Crippen LogP contribution is -2.30. The highest BCUT2D eigenvalue weighted by molar-refractivity contribution is 5.29. The second-order valence-corrected chi connectivity index (χ2v) is 4.23. The Balaban J connectivity index is 2.23. The first kappa shape index (κ1) is 11.8. The van der Waals surface area contributed by atoms with Crippen molar-refractivity contribution < 1.29 is 0 Å². The van der Waals surface area contributed by atoms with Gasteiger partial charge in [0.1, 0.15) is 5.82 Å². The summed E-state index contributed by atoms with van der Waals surface area (Å²) >= 11 is 0. The van der Waals surface area contributed by atoms with Gasteiger partial charge in [0.25, 0.3) is 0 Å². The minimum absolute atomic E-state index is 0.0947. The molecule has 1 atom stereocenters. The number of nitrogens with two attached hydrogens (primary N) is 1. The van der Waals surface area contributed by atoms with Crippen molar-refractivity contribution in [1.29, 1.82) is 0 Å². The Morgan fingerprint density at radius 3 is 2.76 bits per heavy atom. The fourth-order valence-electron chi connectivity index (χ4n) is 2.01. The average molecular weight is 230 g/mol. The van der Waals surface area contributed by atoms with E-state index in [0.717, 1.165) is 12.2 Å². The van der Waals surface area contributed by atoms with Gasteiger partial charge in [0.2, 0.25) is 0 Å². The molecule has 4 nitrogen and oxygen atoms in total. The molecule has 3 N–H and O–H groups in total. The van der Waals surface area contributed by atoms with E-state index >= 15 is 0 Å². The number of rotatable bonds is 4. The number of nitrogens with one attached hydrogen (secondary N) is 1. The van der Waals surface area contributed by atoms with Crippen LogP contribution in [0, 0.1) is 6.92 Å². The van der Waals surface area contributed by atoms with Crippen molar-refractivity contribution in [2.24, 2.45) is 12.9 Å². The molecule has 1 aromatic heterocycles. The van der Waals surface area contributed by atoms with Gasteiger partial charge in [-0.15, -0.1) is 0 Å². The summed E-state index contributed by atoms with van der Waals surface area (Å²) in [4.78, 5) is 4.33. The Morgan fingerprint density at radius 1 is 1.41 bits per heavy atom. The van der Waals surface area contributed by atoms with Gasteiger partial charge >= 0.3 is 0 Å². The zero-order chi connectivity index (χ0) is 12.3. The molecular weight excluding hydrogens is 212 g/mol. The predicted molar refractivity (Wildman–Crippen MR) is 68.2 cm³/mol. The van der Waals surface area contributed by atoms with Crippen LogP contribution in [0.15, 0.2) is 36.7 Å². The number of nitrogens with zero attached hydrogens (tertiary/aromatic N) is 2. The molecule has 0 aliphatic carbocycles. The van der Waals surface area contributed by atoms with Gasteiger partial charge in [-0.2, -0.15) is 0 Å². The molecule has 0 fully saturated rings. The number of aromatic nitrogens is 2. The van der Waals surface area contributed by atoms with Gasteiger partial charge in [-0.1, -0.05) is 24.3 Å². The third-order valence-electron chi connectivity index (χ3n) is 3.07. The second kappa shape index (κ2) is 5.12. The molecule has 0 saturated heterocycles. The van der Waals surface area contributed by atoms with E-state index in [0.29, 0.717) is 0 Å². The van der Waals surface area contributed by atoms with E-state index in [2.05, 4.69) is 29.5 Å². The van der Waals surface area contributed by atoms with Crippen molar-refractivity contribution in [2.45, 2.75) is 19.4 Å². The first-order valence-electron chi connectivity index (χ1n) is 5.70. The van der Waals surface area contributed by atoms with E-state index in [9.17, 15) is 0 Å². The molecule has 0 amide bonds. The van der Waals surface area contributed by atoms with Crippen molar-refractivity contribution in [3.63, 3.8) is 0 Å². The van der Waals surface area contributed by atoms with Crippen molar-refractivity contribution >= 4 is 0 Å². The Morgan fingerprint density at radius 2 is 2.18 bits per heavy atom. The smallest absolute Gasteiger partial charge is 0.110 e. The number of hydrogen-bond acceptors (Lipinski definition) is 3. The Labute approximate surface area is 101 Å². The summed E-state index contributed by atoms with van der Waals surface area (Å²) in [6.45, 7) is 2.10. The van der Waals surface area contributed by atoms with Gasteiger partial charge in [-0.3, -0.25) is 11.3 Å². The lowest BCUT2D eigenvalue weighted by molar-refractivity contribution is 0.528. The SMILES string of the molecule is Cc1ccccc1C(Cc1nccn1C)NN. The monoisotopic (exact) mass is 230 g/mol. The largest absolute Gasteiger partial charge is 0.338 e. The second-order valence-electron chi connectivity index (χ2n) is 4.23. The summed E-state index contributed by atoms with van der Waals surface area (Å²) in [5.74, 6) is 6.68. The summed E-state index contributed by atoms with van der Waals surface area (Å²) < 4.78 is 2.02. The molecule has 90 valence electrons. The highest BCUT2D eigenvalue weighted by Gasteiger charge is 2.14. The molecule has 1 heterocycles. The van der Waals surface area contributed by atoms with E-state index in [1.54, 1.807) is 6.20 Å². The zero-order valence-corrected chi connectivity index (χ0v) is 10.2. The summed E-state index contributed by atoms with van der Waals surface area (Å²) in [6.07, 6.45) is 4.53. The van der Waals surface area contributed by atoms with Crippen LogP contribution in [0.4, 0.5) is 0 Å². The number of hydrazine groups is 1. The zero-order valence-electron chi connectivity index (χ0n) is 10.2. The van der Waals surface area contributed by atoms with Gasteiger partial charge < -0.3 is 4.57 Å². The third-order valence-corrected chi connectivity index (χ3v) is 3.07. The fraction of sp³-hybridized carbons (Fsp3) is 0.308. The van der Waals surface area contributed by atoms with Crippen LogP contribution in [0.5, 0.6) is 0 Å². The Bertz CT molecular complexity index is 490. The molecule has 0 spiro atoms. The minimum Gasteiger partial charge on any atom is -0.338 e. The van der Waals surface area contributed by atoms with Crippen LogP contribution in [0.3, 0.4) is 0 Å². The molecule has 2 rings (SSSR count). The van der Waals surface area contributed by atoms with E-state index in [-0.39, 0.29) is 6.04 Å². The van der Waals surface area contributed by atoms with Gasteiger partial charge in [-0.25, -0.2) is 4.98 Å².